The molecule has 6 fully saturated rings. The molecule has 0 heterocycles. The fourth-order valence-corrected chi connectivity index (χ4v) is 12.0. The highest BCUT2D eigenvalue weighted by Gasteiger charge is 2.34. The average Bonchev–Trinajstić information content (AvgIpc) is 3.47. The highest BCUT2D eigenvalue weighted by Crippen LogP contribution is 2.29. The smallest absolute Gasteiger partial charge is 0.417 e. The Kier molecular flexibility index (Phi) is 30.0. The van der Waals surface area contributed by atoms with Gasteiger partial charge in [-0.1, -0.05) is 152 Å². The third-order valence-electron chi connectivity index (χ3n) is 16.8. The van der Waals surface area contributed by atoms with Crippen molar-refractivity contribution in [2.75, 3.05) is 32.8 Å². The van der Waals surface area contributed by atoms with E-state index in [2.05, 4.69) is 33.2 Å². The lowest BCUT2D eigenvalue weighted by atomic mass is 9.94. The van der Waals surface area contributed by atoms with Crippen LogP contribution in [0.25, 0.3) is 0 Å². The van der Waals surface area contributed by atoms with Gasteiger partial charge in [0.25, 0.3) is 0 Å². The van der Waals surface area contributed by atoms with E-state index in [1.807, 2.05) is 0 Å². The summed E-state index contributed by atoms with van der Waals surface area (Å²) in [6.07, 6.45) is 41.8. The van der Waals surface area contributed by atoms with Crippen LogP contribution < -0.4 is 16.0 Å². The number of urea groups is 3. The first-order chi connectivity index (χ1) is 37.9. The van der Waals surface area contributed by atoms with E-state index < -0.39 is 12.1 Å². The molecule has 436 valence electrons. The van der Waals surface area contributed by atoms with E-state index in [4.69, 9.17) is 24.4 Å². The number of ether oxygens (including phenoxy) is 1. The second-order valence-corrected chi connectivity index (χ2v) is 23.2. The third kappa shape index (κ3) is 23.4. The summed E-state index contributed by atoms with van der Waals surface area (Å²) in [5, 5.41) is 18.6. The van der Waals surface area contributed by atoms with Gasteiger partial charge in [-0.05, 0) is 135 Å². The van der Waals surface area contributed by atoms with Crippen molar-refractivity contribution < 1.29 is 33.6 Å². The molecule has 7 amide bonds. The molecule has 77 heavy (non-hydrogen) atoms. The van der Waals surface area contributed by atoms with Crippen molar-refractivity contribution in [3.63, 3.8) is 0 Å². The molecule has 0 saturated heterocycles. The monoisotopic (exact) mass is 1080 g/mol. The number of hydrogen-bond acceptors (Lipinski definition) is 11. The lowest BCUT2D eigenvalue weighted by molar-refractivity contribution is 0.107. The van der Waals surface area contributed by atoms with Gasteiger partial charge < -0.3 is 30.4 Å². The van der Waals surface area contributed by atoms with Crippen molar-refractivity contribution >= 4 is 47.7 Å². The number of unbranched alkanes of at least 4 members (excludes halogenated alkanes) is 9. The largest absolute Gasteiger partial charge is 0.449 e. The van der Waals surface area contributed by atoms with Gasteiger partial charge in [-0.25, -0.2) is 43.9 Å². The fourth-order valence-electron chi connectivity index (χ4n) is 12.0. The molecule has 17 heteroatoms. The van der Waals surface area contributed by atoms with Crippen LogP contribution in [-0.2, 0) is 14.4 Å². The summed E-state index contributed by atoms with van der Waals surface area (Å²) < 4.78 is 5.61. The molecule has 6 rings (SSSR count). The molecule has 0 unspecified atom stereocenters. The maximum atomic E-state index is 14.1. The van der Waals surface area contributed by atoms with Gasteiger partial charge in [-0.15, -0.1) is 0 Å². The Hall–Kier alpha value is -4.44. The molecule has 0 atom stereocenters. The molecule has 0 radical (unpaired) electrons. The van der Waals surface area contributed by atoms with Gasteiger partial charge >= 0.3 is 36.2 Å². The Labute approximate surface area is 464 Å². The average molecular weight is 1080 g/mol. The van der Waals surface area contributed by atoms with Crippen LogP contribution in [0.15, 0.2) is 20.3 Å². The second-order valence-electron chi connectivity index (χ2n) is 23.2. The number of carbonyl (C=O) groups is 4. The Morgan fingerprint density at radius 1 is 0.442 bits per heavy atom. The molecule has 6 saturated carbocycles. The van der Waals surface area contributed by atoms with Crippen molar-refractivity contribution in [1.29, 1.82) is 0 Å². The third-order valence-corrected chi connectivity index (χ3v) is 16.8. The fraction of sp³-hybridized carbons (Fsp3) is 0.867. The van der Waals surface area contributed by atoms with Gasteiger partial charge in [0, 0.05) is 38.3 Å². The molecule has 0 aliphatic heterocycles. The van der Waals surface area contributed by atoms with Gasteiger partial charge in [-0.3, -0.25) is 0 Å². The molecular formula is C60H104N10O7. The number of hydrogen-bond donors (Lipinski definition) is 3. The number of rotatable bonds is 25. The minimum absolute atomic E-state index is 0.0287. The predicted molar refractivity (Wildman–Crippen MR) is 309 cm³/mol. The molecule has 0 spiro atoms. The number of nitrogens with one attached hydrogen (secondary N) is 3. The first-order valence-corrected chi connectivity index (χ1v) is 31.9. The Bertz CT molecular complexity index is 1820. The van der Waals surface area contributed by atoms with Crippen LogP contribution >= 0.6 is 0 Å². The Balaban J connectivity index is 0.935. The zero-order valence-corrected chi connectivity index (χ0v) is 48.0. The summed E-state index contributed by atoms with van der Waals surface area (Å²) in [7, 11) is 0. The van der Waals surface area contributed by atoms with Gasteiger partial charge in [0.15, 0.2) is 0 Å². The molecule has 0 bridgehead atoms. The van der Waals surface area contributed by atoms with Gasteiger partial charge in [-0.2, -0.15) is 0 Å². The zero-order valence-electron chi connectivity index (χ0n) is 48.0. The summed E-state index contributed by atoms with van der Waals surface area (Å²) in [5.41, 5.74) is 2.13. The van der Waals surface area contributed by atoms with E-state index >= 15 is 0 Å². The topological polar surface area (TPSA) is 191 Å². The second kappa shape index (κ2) is 37.4. The number of amides is 7. The van der Waals surface area contributed by atoms with E-state index in [9.17, 15) is 19.2 Å². The lowest BCUT2D eigenvalue weighted by Crippen LogP contribution is -2.51. The number of imide groups is 1. The predicted octanol–water partition coefficient (Wildman–Crippen LogP) is 14.6. The van der Waals surface area contributed by atoms with Crippen LogP contribution in [-0.4, -0.2) is 119 Å². The normalized spacial score (nSPS) is 19.7. The molecule has 17 nitrogen and oxygen atoms in total. The zero-order chi connectivity index (χ0) is 54.0. The minimum Gasteiger partial charge on any atom is -0.449 e. The van der Waals surface area contributed by atoms with E-state index in [0.29, 0.717) is 38.1 Å². The maximum absolute atomic E-state index is 14.1. The van der Waals surface area contributed by atoms with Gasteiger partial charge in [0.2, 0.25) is 0 Å². The van der Waals surface area contributed by atoms with E-state index in [1.165, 1.54) is 43.4 Å². The molecule has 0 aromatic carbocycles. The number of nitrogens with zero attached hydrogens (tertiary/aromatic N) is 7. The summed E-state index contributed by atoms with van der Waals surface area (Å²) in [6, 6.07) is 0.345. The van der Waals surface area contributed by atoms with Gasteiger partial charge in [0.1, 0.15) is 0 Å². The van der Waals surface area contributed by atoms with Crippen LogP contribution in [0, 0.1) is 0 Å². The summed E-state index contributed by atoms with van der Waals surface area (Å²) in [6.45, 7) is 4.16. The van der Waals surface area contributed by atoms with E-state index in [1.54, 1.807) is 9.80 Å². The summed E-state index contributed by atoms with van der Waals surface area (Å²) in [4.78, 5) is 82.5. The van der Waals surface area contributed by atoms with Crippen LogP contribution in [0.4, 0.5) is 19.2 Å². The number of amidine groups is 2. The van der Waals surface area contributed by atoms with Crippen molar-refractivity contribution in [1.82, 2.24) is 30.7 Å². The Morgan fingerprint density at radius 2 is 0.818 bits per heavy atom. The number of carbonyl (C=O) groups excluding carboxylic acids is 4. The highest BCUT2D eigenvalue weighted by molar-refractivity contribution is 5.95. The SMILES string of the molecule is CCCCCCOC(=O)N(CCCCCCNC(=O)N(/C(=N/C1CCCCC1)ON=C1CCCCC1)C1CCCCC1)C(=O)NCCCCCCNC(=O)N(/C(=N/C1CCCCC1)ON=C1CCCCC1)C1CCCCC1. The molecule has 3 N–H and O–H groups in total. The number of aliphatic imine (C=N–C) groups is 2. The molecule has 0 aromatic heterocycles. The summed E-state index contributed by atoms with van der Waals surface area (Å²) in [5.74, 6) is 0. The van der Waals surface area contributed by atoms with E-state index in [0.717, 1.165) is 236 Å². The van der Waals surface area contributed by atoms with Crippen molar-refractivity contribution in [3.05, 3.63) is 0 Å². The van der Waals surface area contributed by atoms with Crippen LogP contribution in [0.5, 0.6) is 0 Å². The standard InChI is InChI=1S/C60H104N10O7/c1-2-3-4-31-48-75-60(74)68(47-30-8-7-29-46-63-57(73)70(54-42-25-14-26-43-54)59(65-50-34-17-10-18-35-50)77-67-52-38-21-12-22-39-52)55(71)61-44-27-5-6-28-45-62-56(72)69(53-40-23-13-24-41-53)58(64-49-32-15-9-16-33-49)76-66-51-36-19-11-20-37-51/h49-50,53-54H,2-48H2,1H3,(H,61,71)(H,62,72)(H,63,73)/b64-58-,65-59-. The Morgan fingerprint density at radius 3 is 1.25 bits per heavy atom. The van der Waals surface area contributed by atoms with Gasteiger partial charge in [0.05, 0.1) is 30.1 Å². The maximum Gasteiger partial charge on any atom is 0.417 e. The summed E-state index contributed by atoms with van der Waals surface area (Å²) >= 11 is 0. The lowest BCUT2D eigenvalue weighted by Gasteiger charge is -2.34. The molecular weight excluding hydrogens is 973 g/mol. The van der Waals surface area contributed by atoms with Crippen molar-refractivity contribution in [3.8, 4) is 0 Å². The quantitative estimate of drug-likeness (QED) is 0.0350. The van der Waals surface area contributed by atoms with Crippen LogP contribution in [0.2, 0.25) is 0 Å². The van der Waals surface area contributed by atoms with Crippen LogP contribution in [0.3, 0.4) is 0 Å². The van der Waals surface area contributed by atoms with Crippen LogP contribution in [0.1, 0.15) is 277 Å². The van der Waals surface area contributed by atoms with E-state index in [-0.39, 0.29) is 49.4 Å². The first-order valence-electron chi connectivity index (χ1n) is 31.9. The minimum atomic E-state index is -0.604. The highest BCUT2D eigenvalue weighted by atomic mass is 16.7. The molecule has 6 aliphatic carbocycles. The van der Waals surface area contributed by atoms with Crippen molar-refractivity contribution in [2.45, 2.75) is 301 Å². The number of oxime groups is 2. The molecule has 6 aliphatic rings. The first kappa shape index (κ1) is 61.8. The van der Waals surface area contributed by atoms with Crippen molar-refractivity contribution in [2.24, 2.45) is 20.3 Å². The molecule has 0 aromatic rings.